The van der Waals surface area contributed by atoms with Crippen molar-refractivity contribution >= 4 is 135 Å². The van der Waals surface area contributed by atoms with Crippen molar-refractivity contribution in [3.05, 3.63) is 159 Å². The molecule has 2 aliphatic rings. The zero-order chi connectivity index (χ0) is 56.2. The van der Waals surface area contributed by atoms with E-state index in [1.807, 2.05) is 9.97 Å². The van der Waals surface area contributed by atoms with Gasteiger partial charge in [-0.25, -0.2) is 97.8 Å². The van der Waals surface area contributed by atoms with Gasteiger partial charge in [0.15, 0.2) is 93.1 Å². The Labute approximate surface area is 460 Å². The molecule has 2 aliphatic heterocycles. The van der Waals surface area contributed by atoms with Gasteiger partial charge in [-0.2, -0.15) is 0 Å². The summed E-state index contributed by atoms with van der Waals surface area (Å²) in [5, 5.41) is -11.4. The molecule has 399 valence electrons. The van der Waals surface area contributed by atoms with E-state index in [1.165, 1.54) is 0 Å². The first-order valence-corrected chi connectivity index (χ1v) is 22.2. The molecule has 7 aromatic rings. The molecule has 0 saturated heterocycles. The van der Waals surface area contributed by atoms with Gasteiger partial charge in [0, 0.05) is 22.3 Å². The van der Waals surface area contributed by atoms with E-state index in [2.05, 4.69) is 9.97 Å². The van der Waals surface area contributed by atoms with Crippen LogP contribution in [0.3, 0.4) is 0 Å². The molecule has 5 heterocycles. The van der Waals surface area contributed by atoms with Crippen LogP contribution in [0.4, 0.5) is 87.8 Å². The third-order valence-electron chi connectivity index (χ3n) is 11.2. The van der Waals surface area contributed by atoms with Crippen molar-refractivity contribution in [3.8, 4) is 44.5 Å². The molecular formula is C44H2Cl8F20FeN4+3. The summed E-state index contributed by atoms with van der Waals surface area (Å²) in [5.41, 5.74) is -28.3. The molecule has 9 rings (SSSR count). The van der Waals surface area contributed by atoms with E-state index in [9.17, 15) is 17.6 Å². The van der Waals surface area contributed by atoms with Gasteiger partial charge in [0.2, 0.25) is 23.3 Å². The van der Waals surface area contributed by atoms with Gasteiger partial charge in [0.1, 0.15) is 0 Å². The van der Waals surface area contributed by atoms with Gasteiger partial charge < -0.3 is 9.97 Å². The van der Waals surface area contributed by atoms with E-state index in [1.54, 1.807) is 0 Å². The predicted molar refractivity (Wildman–Crippen MR) is 239 cm³/mol. The van der Waals surface area contributed by atoms with E-state index >= 15 is 70.2 Å². The molecule has 77 heavy (non-hydrogen) atoms. The number of nitrogens with zero attached hydrogens (tertiary/aromatic N) is 2. The summed E-state index contributed by atoms with van der Waals surface area (Å²) in [6, 6.07) is 0. The first-order chi connectivity index (χ1) is 35.4. The Morgan fingerprint density at radius 2 is 0.338 bits per heavy atom. The van der Waals surface area contributed by atoms with E-state index in [0.29, 0.717) is 0 Å². The SMILES string of the molecule is Fc1c(F)c(F)c(-c2c3nc(c(-c4c(F)c(F)c(F)c(F)c4F)c4[nH]c(c(Cl)c4Cl)c(-c4c(F)c(F)c(F)c(F)c4F)c4nc(c(-c5c(F)c(F)c(F)c(F)c5F)c5[nH]c2c(Cl)c5Cl)C(Cl)=C4Cl)C(Cl)=C3Cl)c(F)c1F.[Fe+3]. The number of aromatic nitrogens is 4. The minimum Gasteiger partial charge on any atom is -0.352 e. The smallest absolute Gasteiger partial charge is 0.352 e. The van der Waals surface area contributed by atoms with Crippen LogP contribution in [-0.4, -0.2) is 19.9 Å². The molecule has 8 bridgehead atoms. The van der Waals surface area contributed by atoms with Crippen molar-refractivity contribution in [2.24, 2.45) is 0 Å². The van der Waals surface area contributed by atoms with Crippen LogP contribution in [-0.2, 0) is 17.1 Å². The van der Waals surface area contributed by atoms with Crippen molar-refractivity contribution in [2.45, 2.75) is 0 Å². The van der Waals surface area contributed by atoms with Gasteiger partial charge in [-0.1, -0.05) is 92.8 Å². The molecule has 0 amide bonds. The van der Waals surface area contributed by atoms with Crippen molar-refractivity contribution in [1.82, 2.24) is 19.9 Å². The van der Waals surface area contributed by atoms with E-state index in [4.69, 9.17) is 92.8 Å². The summed E-state index contributed by atoms with van der Waals surface area (Å²) in [4.78, 5) is 11.5. The van der Waals surface area contributed by atoms with Crippen LogP contribution in [0.25, 0.3) is 86.7 Å². The second-order valence-corrected chi connectivity index (χ2v) is 18.2. The van der Waals surface area contributed by atoms with E-state index in [0.717, 1.165) is 0 Å². The van der Waals surface area contributed by atoms with Crippen LogP contribution in [0, 0.1) is 116 Å². The van der Waals surface area contributed by atoms with Crippen LogP contribution >= 0.6 is 92.8 Å². The second-order valence-electron chi connectivity index (χ2n) is 15.2. The van der Waals surface area contributed by atoms with Crippen LogP contribution in [0.1, 0.15) is 22.8 Å². The van der Waals surface area contributed by atoms with E-state index in [-0.39, 0.29) is 17.1 Å². The van der Waals surface area contributed by atoms with Crippen molar-refractivity contribution in [2.75, 3.05) is 0 Å². The molecule has 0 spiro atoms. The summed E-state index contributed by atoms with van der Waals surface area (Å²) in [7, 11) is 0. The molecule has 0 fully saturated rings. The minimum atomic E-state index is -2.89. The molecule has 0 aliphatic carbocycles. The largest absolute Gasteiger partial charge is 3.00 e. The fraction of sp³-hybridized carbons (Fsp3) is 0. The van der Waals surface area contributed by atoms with Gasteiger partial charge in [0.05, 0.1) is 107 Å². The van der Waals surface area contributed by atoms with Gasteiger partial charge in [-0.05, 0) is 0 Å². The Balaban J connectivity index is 0.00000784. The van der Waals surface area contributed by atoms with E-state index < -0.39 is 246 Å². The van der Waals surface area contributed by atoms with Gasteiger partial charge in [-0.3, -0.25) is 0 Å². The van der Waals surface area contributed by atoms with Crippen LogP contribution in [0.15, 0.2) is 0 Å². The zero-order valence-electron chi connectivity index (χ0n) is 34.8. The Kier molecular flexibility index (Phi) is 15.3. The predicted octanol–water partition coefficient (Wildman–Crippen LogP) is 19.0. The number of benzene rings is 4. The average molecular weight is 1310 g/mol. The first kappa shape index (κ1) is 58.1. The van der Waals surface area contributed by atoms with Gasteiger partial charge in [-0.15, -0.1) is 0 Å². The van der Waals surface area contributed by atoms with Crippen molar-refractivity contribution < 1.29 is 105 Å². The maximum atomic E-state index is 16.2. The fourth-order valence-electron chi connectivity index (χ4n) is 7.84. The third kappa shape index (κ3) is 8.18. The number of H-pyrrole nitrogens is 2. The first-order valence-electron chi connectivity index (χ1n) is 19.2. The molecule has 0 atom stereocenters. The summed E-state index contributed by atoms with van der Waals surface area (Å²) in [5.74, 6) is -57.1. The monoisotopic (exact) mass is 1300 g/mol. The summed E-state index contributed by atoms with van der Waals surface area (Å²) in [6.07, 6.45) is 0. The number of hydrogen-bond acceptors (Lipinski definition) is 2. The molecule has 1 radical (unpaired) electrons. The topological polar surface area (TPSA) is 57.4 Å². The Bertz CT molecular complexity index is 3550. The number of halogens is 28. The minimum absolute atomic E-state index is 0. The Hall–Kier alpha value is -5.08. The van der Waals surface area contributed by atoms with Crippen LogP contribution in [0.5, 0.6) is 0 Å². The third-order valence-corrected chi connectivity index (χ3v) is 14.6. The number of fused-ring (bicyclic) bond motifs is 8. The molecule has 4 nitrogen and oxygen atoms in total. The van der Waals surface area contributed by atoms with Crippen LogP contribution in [0.2, 0.25) is 20.1 Å². The average Bonchev–Trinajstić information content (AvgIpc) is 4.06. The quantitative estimate of drug-likeness (QED) is 0.0799. The van der Waals surface area contributed by atoms with Gasteiger partial charge >= 0.3 is 17.1 Å². The van der Waals surface area contributed by atoms with Crippen molar-refractivity contribution in [3.63, 3.8) is 0 Å². The molecular weight excluding hydrogens is 1300 g/mol. The second kappa shape index (κ2) is 20.2. The number of hydrogen-bond donors (Lipinski definition) is 2. The molecule has 3 aromatic heterocycles. The summed E-state index contributed by atoms with van der Waals surface area (Å²) < 4.78 is 310. The fourth-order valence-corrected chi connectivity index (χ4v) is 9.69. The maximum absolute atomic E-state index is 16.2. The zero-order valence-corrected chi connectivity index (χ0v) is 42.0. The normalized spacial score (nSPS) is 12.7. The Morgan fingerprint density at radius 1 is 0.208 bits per heavy atom. The number of nitrogens with one attached hydrogen (secondary N) is 2. The molecule has 4 aromatic carbocycles. The standard InChI is InChI=1S/C44H2Cl8F20N4.Fe/c45-9-11(47)39-6(2-19(55)27(63)34(70)28(64)20(2)56)41-13(49)15(51)43(75-41)8(4-23(59)31(67)36(72)32(68)24(4)60)44-16(52)14(50)42(76-44)7(3-21(57)29(65)35(71)30(66)22(3)58)40-12(48)10(46)38(74-40)5(37(9)73-39)1-17(53)25(61)33(69)26(62)18(1)54;/h73,76H;/q;+3. The molecule has 0 unspecified atom stereocenters. The van der Waals surface area contributed by atoms with Gasteiger partial charge in [0.25, 0.3) is 0 Å². The Morgan fingerprint density at radius 3 is 0.481 bits per heavy atom. The van der Waals surface area contributed by atoms with Crippen LogP contribution < -0.4 is 0 Å². The summed E-state index contributed by atoms with van der Waals surface area (Å²) >= 11 is 52.1. The molecule has 33 heteroatoms. The molecule has 0 saturated carbocycles. The number of aromatic amines is 2. The van der Waals surface area contributed by atoms with Crippen molar-refractivity contribution in [1.29, 1.82) is 0 Å². The molecule has 2 N–H and O–H groups in total. The maximum Gasteiger partial charge on any atom is 3.00 e. The summed E-state index contributed by atoms with van der Waals surface area (Å²) in [6.45, 7) is 0. The number of rotatable bonds is 4.